The second kappa shape index (κ2) is 15.5. The summed E-state index contributed by atoms with van der Waals surface area (Å²) in [6, 6.07) is 88.2. The number of furan rings is 1. The minimum absolute atomic E-state index is 0.877. The summed E-state index contributed by atoms with van der Waals surface area (Å²) in [6.07, 6.45) is 0. The molecule has 11 aromatic carbocycles. The molecule has 0 radical (unpaired) electrons. The van der Waals surface area contributed by atoms with Crippen molar-refractivity contribution in [3.05, 3.63) is 243 Å². The van der Waals surface area contributed by atoms with E-state index in [0.717, 1.165) is 72.3 Å². The van der Waals surface area contributed by atoms with Crippen LogP contribution in [0, 0.1) is 0 Å². The molecule has 14 aromatic rings. The van der Waals surface area contributed by atoms with Gasteiger partial charge in [0.2, 0.25) is 0 Å². The fourth-order valence-electron chi connectivity index (χ4n) is 10.6. The highest BCUT2D eigenvalue weighted by Gasteiger charge is 2.22. The van der Waals surface area contributed by atoms with Crippen LogP contribution in [0.15, 0.2) is 247 Å². The van der Waals surface area contributed by atoms with Crippen LogP contribution in [-0.2, 0) is 0 Å². The molecule has 0 aliphatic carbocycles. The number of anilines is 3. The van der Waals surface area contributed by atoms with E-state index < -0.39 is 0 Å². The topological polar surface area (TPSA) is 21.3 Å². The Morgan fingerprint density at radius 2 is 0.956 bits per heavy atom. The molecule has 3 heterocycles. The Kier molecular flexibility index (Phi) is 8.76. The highest BCUT2D eigenvalue weighted by atomic mass is 32.1. The molecule has 14 rings (SSSR count). The Balaban J connectivity index is 0.906. The van der Waals surface area contributed by atoms with Crippen molar-refractivity contribution < 1.29 is 4.42 Å². The minimum atomic E-state index is 0.877. The van der Waals surface area contributed by atoms with Crippen LogP contribution in [0.5, 0.6) is 0 Å². The van der Waals surface area contributed by atoms with Gasteiger partial charge in [-0.2, -0.15) is 0 Å². The van der Waals surface area contributed by atoms with Crippen LogP contribution in [0.3, 0.4) is 0 Å². The first-order valence-corrected chi connectivity index (χ1v) is 24.0. The molecule has 0 N–H and O–H groups in total. The quantitative estimate of drug-likeness (QED) is 0.159. The lowest BCUT2D eigenvalue weighted by Crippen LogP contribution is -2.11. The zero-order valence-electron chi connectivity index (χ0n) is 36.8. The van der Waals surface area contributed by atoms with Gasteiger partial charge in [-0.1, -0.05) is 158 Å². The Morgan fingerprint density at radius 1 is 0.368 bits per heavy atom. The average Bonchev–Trinajstić information content (AvgIpc) is 4.09. The van der Waals surface area contributed by atoms with E-state index in [9.17, 15) is 0 Å². The largest absolute Gasteiger partial charge is 0.455 e. The lowest BCUT2D eigenvalue weighted by Gasteiger charge is -2.28. The van der Waals surface area contributed by atoms with Gasteiger partial charge >= 0.3 is 0 Å². The van der Waals surface area contributed by atoms with Crippen LogP contribution < -0.4 is 4.90 Å². The Bertz CT molecular complexity index is 4210. The molecule has 0 bridgehead atoms. The van der Waals surface area contributed by atoms with Gasteiger partial charge in [0.05, 0.1) is 16.7 Å². The summed E-state index contributed by atoms with van der Waals surface area (Å²) in [5.74, 6) is 0. The SMILES string of the molecule is c1cc(-c2ccc(N(c3ccc(-c4ccc5sc6ccccc6c5c4)cc3)c3ccccc3-c3cccc4oc5c6ccccc6ccc5c34)cc2)cc(-n2c3ccccc3c3ccccc32)c1. The molecule has 318 valence electrons. The first kappa shape index (κ1) is 38.6. The highest BCUT2D eigenvalue weighted by molar-refractivity contribution is 7.25. The van der Waals surface area contributed by atoms with Crippen molar-refractivity contribution in [3.8, 4) is 39.1 Å². The molecule has 68 heavy (non-hydrogen) atoms. The molecule has 3 aromatic heterocycles. The number of aromatic nitrogens is 1. The summed E-state index contributed by atoms with van der Waals surface area (Å²) < 4.78 is 11.7. The van der Waals surface area contributed by atoms with Crippen LogP contribution in [0.2, 0.25) is 0 Å². The molecule has 3 nitrogen and oxygen atoms in total. The van der Waals surface area contributed by atoms with Gasteiger partial charge < -0.3 is 13.9 Å². The maximum absolute atomic E-state index is 6.71. The fraction of sp³-hybridized carbons (Fsp3) is 0. The molecule has 0 aliphatic rings. The lowest BCUT2D eigenvalue weighted by molar-refractivity contribution is 0.673. The number of hydrogen-bond donors (Lipinski definition) is 0. The van der Waals surface area contributed by atoms with Gasteiger partial charge in [0.15, 0.2) is 0 Å². The predicted octanol–water partition coefficient (Wildman–Crippen LogP) is 18.7. The molecular formula is C64H40N2OS. The van der Waals surface area contributed by atoms with E-state index in [-0.39, 0.29) is 0 Å². The first-order valence-electron chi connectivity index (χ1n) is 23.2. The van der Waals surface area contributed by atoms with E-state index in [1.807, 2.05) is 11.3 Å². The minimum Gasteiger partial charge on any atom is -0.455 e. The molecule has 4 heteroatoms. The second-order valence-corrected chi connectivity index (χ2v) is 18.7. The number of para-hydroxylation sites is 3. The number of thiophene rings is 1. The third kappa shape index (κ3) is 6.12. The maximum atomic E-state index is 6.71. The third-order valence-corrected chi connectivity index (χ3v) is 15.0. The molecule has 0 spiro atoms. The summed E-state index contributed by atoms with van der Waals surface area (Å²) in [5.41, 5.74) is 15.5. The van der Waals surface area contributed by atoms with Crippen molar-refractivity contribution in [2.24, 2.45) is 0 Å². The summed E-state index contributed by atoms with van der Waals surface area (Å²) in [5, 5.41) is 9.65. The van der Waals surface area contributed by atoms with Crippen molar-refractivity contribution in [1.82, 2.24) is 4.57 Å². The summed E-state index contributed by atoms with van der Waals surface area (Å²) >= 11 is 1.85. The normalized spacial score (nSPS) is 11.8. The van der Waals surface area contributed by atoms with E-state index in [0.29, 0.717) is 0 Å². The standard InChI is InChI=1S/C64H40N2OS/c1-2-16-49-43(13-1)31-37-55-63-54(21-12-25-60(63)67-64(49)55)52-19-5-7-22-57(52)65(47-35-29-42(30-36-47)45-32-38-62-56(40-45)53-20-6-10-26-61(53)68-62)46-33-27-41(28-34-46)44-14-11-15-48(39-44)66-58-23-8-3-17-50(58)51-18-4-9-24-59(51)66/h1-40H. The molecule has 0 unspecified atom stereocenters. The first-order chi connectivity index (χ1) is 33.7. The lowest BCUT2D eigenvalue weighted by atomic mass is 9.96. The number of benzene rings is 11. The maximum Gasteiger partial charge on any atom is 0.143 e. The predicted molar refractivity (Wildman–Crippen MR) is 289 cm³/mol. The average molecular weight is 885 g/mol. The van der Waals surface area contributed by atoms with E-state index in [4.69, 9.17) is 4.42 Å². The van der Waals surface area contributed by atoms with Crippen LogP contribution in [0.4, 0.5) is 17.1 Å². The Morgan fingerprint density at radius 3 is 1.72 bits per heavy atom. The number of nitrogens with zero attached hydrogens (tertiary/aromatic N) is 2. The van der Waals surface area contributed by atoms with Crippen molar-refractivity contribution in [2.45, 2.75) is 0 Å². The highest BCUT2D eigenvalue weighted by Crippen LogP contribution is 2.47. The number of rotatable bonds is 7. The van der Waals surface area contributed by atoms with E-state index >= 15 is 0 Å². The second-order valence-electron chi connectivity index (χ2n) is 17.6. The molecule has 0 saturated heterocycles. The van der Waals surface area contributed by atoms with Gasteiger partial charge in [-0.05, 0) is 118 Å². The molecule has 0 fully saturated rings. The van der Waals surface area contributed by atoms with Crippen molar-refractivity contribution in [1.29, 1.82) is 0 Å². The Hall–Kier alpha value is -8.70. The van der Waals surface area contributed by atoms with Crippen LogP contribution >= 0.6 is 11.3 Å². The van der Waals surface area contributed by atoms with E-state index in [2.05, 4.69) is 252 Å². The zero-order valence-corrected chi connectivity index (χ0v) is 37.6. The summed E-state index contributed by atoms with van der Waals surface area (Å²) in [6.45, 7) is 0. The van der Waals surface area contributed by atoms with Gasteiger partial charge in [-0.25, -0.2) is 0 Å². The van der Waals surface area contributed by atoms with Crippen molar-refractivity contribution in [3.63, 3.8) is 0 Å². The van der Waals surface area contributed by atoms with Crippen molar-refractivity contribution >= 4 is 103 Å². The molecule has 0 saturated carbocycles. The molecule has 0 atom stereocenters. The molecule has 0 amide bonds. The number of fused-ring (bicyclic) bond motifs is 11. The monoisotopic (exact) mass is 884 g/mol. The van der Waals surface area contributed by atoms with E-state index in [1.54, 1.807) is 0 Å². The smallest absolute Gasteiger partial charge is 0.143 e. The summed E-state index contributed by atoms with van der Waals surface area (Å²) in [7, 11) is 0. The van der Waals surface area contributed by atoms with Crippen LogP contribution in [0.25, 0.3) is 114 Å². The molecule has 0 aliphatic heterocycles. The van der Waals surface area contributed by atoms with Gasteiger partial charge in [0.1, 0.15) is 11.2 Å². The summed E-state index contributed by atoms with van der Waals surface area (Å²) in [4.78, 5) is 2.41. The molecular weight excluding hydrogens is 845 g/mol. The van der Waals surface area contributed by atoms with Gasteiger partial charge in [0, 0.05) is 69.7 Å². The Labute approximate surface area is 396 Å². The third-order valence-electron chi connectivity index (χ3n) is 13.8. The number of hydrogen-bond acceptors (Lipinski definition) is 3. The zero-order chi connectivity index (χ0) is 44.7. The van der Waals surface area contributed by atoms with Gasteiger partial charge in [0.25, 0.3) is 0 Å². The van der Waals surface area contributed by atoms with Crippen molar-refractivity contribution in [2.75, 3.05) is 4.90 Å². The van der Waals surface area contributed by atoms with Gasteiger partial charge in [-0.15, -0.1) is 11.3 Å². The van der Waals surface area contributed by atoms with Gasteiger partial charge in [-0.3, -0.25) is 0 Å². The fourth-order valence-corrected chi connectivity index (χ4v) is 11.7. The van der Waals surface area contributed by atoms with E-state index in [1.165, 1.54) is 58.5 Å². The van der Waals surface area contributed by atoms with Crippen LogP contribution in [-0.4, -0.2) is 4.57 Å². The van der Waals surface area contributed by atoms with Crippen LogP contribution in [0.1, 0.15) is 0 Å².